The molecular formula is C25H27ClN2O5. The van der Waals surface area contributed by atoms with Gasteiger partial charge in [-0.3, -0.25) is 9.59 Å². The van der Waals surface area contributed by atoms with Crippen molar-refractivity contribution >= 4 is 23.3 Å². The van der Waals surface area contributed by atoms with E-state index in [2.05, 4.69) is 10.5 Å². The van der Waals surface area contributed by atoms with E-state index in [1.807, 2.05) is 55.5 Å². The van der Waals surface area contributed by atoms with Crippen molar-refractivity contribution in [3.8, 4) is 17.0 Å². The van der Waals surface area contributed by atoms with Gasteiger partial charge in [0.05, 0.1) is 13.2 Å². The Morgan fingerprint density at radius 1 is 1.15 bits per heavy atom. The van der Waals surface area contributed by atoms with Crippen molar-refractivity contribution in [2.75, 3.05) is 7.11 Å². The molecule has 0 fully saturated rings. The molecular weight excluding hydrogens is 444 g/mol. The number of aliphatic hydroxyl groups excluding tert-OH is 1. The molecule has 0 aliphatic carbocycles. The molecule has 0 saturated carbocycles. The molecule has 2 N–H and O–H groups in total. The summed E-state index contributed by atoms with van der Waals surface area (Å²) in [4.78, 5) is 24.8. The number of aliphatic hydroxyl groups is 1. The Kier molecular flexibility index (Phi) is 8.63. The second-order valence-electron chi connectivity index (χ2n) is 7.78. The molecule has 8 heteroatoms. The fraction of sp³-hybridized carbons (Fsp3) is 0.320. The lowest BCUT2D eigenvalue weighted by Gasteiger charge is -2.21. The van der Waals surface area contributed by atoms with E-state index in [-0.39, 0.29) is 30.3 Å². The topological polar surface area (TPSA) is 102 Å². The van der Waals surface area contributed by atoms with Gasteiger partial charge >= 0.3 is 0 Å². The summed E-state index contributed by atoms with van der Waals surface area (Å²) < 4.78 is 9.95. The van der Waals surface area contributed by atoms with Crippen molar-refractivity contribution in [3.63, 3.8) is 0 Å². The molecule has 0 aliphatic heterocycles. The lowest BCUT2D eigenvalue weighted by Crippen LogP contribution is -2.40. The van der Waals surface area contributed by atoms with E-state index in [9.17, 15) is 14.7 Å². The summed E-state index contributed by atoms with van der Waals surface area (Å²) in [5.74, 6) is -0.565. The maximum Gasteiger partial charge on any atom is 0.290 e. The molecule has 0 spiro atoms. The van der Waals surface area contributed by atoms with E-state index in [1.165, 1.54) is 13.2 Å². The van der Waals surface area contributed by atoms with Crippen molar-refractivity contribution in [3.05, 3.63) is 70.9 Å². The van der Waals surface area contributed by atoms with Crippen LogP contribution < -0.4 is 10.1 Å². The van der Waals surface area contributed by atoms with Gasteiger partial charge in [-0.25, -0.2) is 0 Å². The molecule has 33 heavy (non-hydrogen) atoms. The van der Waals surface area contributed by atoms with E-state index in [0.717, 1.165) is 16.7 Å². The van der Waals surface area contributed by atoms with Gasteiger partial charge in [-0.1, -0.05) is 54.9 Å². The zero-order valence-electron chi connectivity index (χ0n) is 18.6. The highest BCUT2D eigenvalue weighted by atomic mass is 35.5. The average Bonchev–Trinajstić information content (AvgIpc) is 3.29. The van der Waals surface area contributed by atoms with Crippen molar-refractivity contribution < 1.29 is 24.0 Å². The number of aromatic nitrogens is 1. The first-order chi connectivity index (χ1) is 15.9. The van der Waals surface area contributed by atoms with Gasteiger partial charge in [0, 0.05) is 23.9 Å². The predicted octanol–water partition coefficient (Wildman–Crippen LogP) is 4.46. The maximum absolute atomic E-state index is 12.6. The molecule has 2 atom stereocenters. The molecule has 1 heterocycles. The van der Waals surface area contributed by atoms with Gasteiger partial charge in [0.15, 0.2) is 5.78 Å². The van der Waals surface area contributed by atoms with Crippen LogP contribution in [0.2, 0.25) is 5.02 Å². The number of methoxy groups -OCH3 is 1. The maximum atomic E-state index is 12.6. The van der Waals surface area contributed by atoms with Crippen molar-refractivity contribution in [1.29, 1.82) is 0 Å². The number of carbonyl (C=O) groups excluding carboxylic acids is 2. The summed E-state index contributed by atoms with van der Waals surface area (Å²) in [6.07, 6.45) is 0.283. The monoisotopic (exact) mass is 470 g/mol. The van der Waals surface area contributed by atoms with Crippen molar-refractivity contribution in [1.82, 2.24) is 10.5 Å². The Balaban J connectivity index is 1.74. The SMILES string of the molecule is CCCC(=O)[C@H](O)C[C@@H](Cc1ccc(-c2cccc(Cl)c2)cc1)NC(=O)c1cc(OC)no1. The van der Waals surface area contributed by atoms with Gasteiger partial charge in [-0.05, 0) is 46.8 Å². The first kappa shape index (κ1) is 24.5. The van der Waals surface area contributed by atoms with E-state index < -0.39 is 18.1 Å². The molecule has 3 aromatic rings. The zero-order valence-corrected chi connectivity index (χ0v) is 19.3. The standard InChI is InChI=1S/C25H27ClN2O5/c1-3-5-21(29)22(30)14-20(27-25(31)23-15-24(32-2)28-33-23)12-16-8-10-17(11-9-16)18-6-4-7-19(26)13-18/h4,6-11,13,15,20,22,30H,3,5,12,14H2,1-2H3,(H,27,31)/t20-,22-/m1/s1. The highest BCUT2D eigenvalue weighted by molar-refractivity contribution is 6.30. The third-order valence-corrected chi connectivity index (χ3v) is 5.46. The molecule has 0 saturated heterocycles. The summed E-state index contributed by atoms with van der Waals surface area (Å²) in [6.45, 7) is 1.88. The van der Waals surface area contributed by atoms with Crippen LogP contribution in [0.25, 0.3) is 11.1 Å². The highest BCUT2D eigenvalue weighted by Gasteiger charge is 2.24. The number of hydrogen-bond donors (Lipinski definition) is 2. The number of Topliss-reactive ketones (excluding diaryl/α,β-unsaturated/α-hetero) is 1. The first-order valence-corrected chi connectivity index (χ1v) is 11.1. The second kappa shape index (κ2) is 11.6. The fourth-order valence-corrected chi connectivity index (χ4v) is 3.70. The summed E-state index contributed by atoms with van der Waals surface area (Å²) in [6, 6.07) is 16.3. The van der Waals surface area contributed by atoms with Crippen molar-refractivity contribution in [2.45, 2.75) is 44.8 Å². The molecule has 1 aromatic heterocycles. The molecule has 0 unspecified atom stereocenters. The Bertz CT molecular complexity index is 1080. The average molecular weight is 471 g/mol. The second-order valence-corrected chi connectivity index (χ2v) is 8.22. The Morgan fingerprint density at radius 3 is 2.55 bits per heavy atom. The van der Waals surface area contributed by atoms with E-state index in [0.29, 0.717) is 17.9 Å². The number of amides is 1. The Morgan fingerprint density at radius 2 is 1.91 bits per heavy atom. The van der Waals surface area contributed by atoms with Crippen LogP contribution in [0.5, 0.6) is 5.88 Å². The van der Waals surface area contributed by atoms with E-state index in [4.69, 9.17) is 20.9 Å². The van der Waals surface area contributed by atoms with E-state index >= 15 is 0 Å². The number of benzene rings is 2. The minimum Gasteiger partial charge on any atom is -0.479 e. The largest absolute Gasteiger partial charge is 0.479 e. The van der Waals surface area contributed by atoms with Crippen LogP contribution in [-0.4, -0.2) is 41.2 Å². The number of carbonyl (C=O) groups is 2. The summed E-state index contributed by atoms with van der Waals surface area (Å²) in [5.41, 5.74) is 2.95. The Labute approximate surface area is 197 Å². The number of ketones is 1. The number of hydrogen-bond acceptors (Lipinski definition) is 6. The van der Waals surface area contributed by atoms with Gasteiger partial charge in [0.2, 0.25) is 5.76 Å². The quantitative estimate of drug-likeness (QED) is 0.429. The van der Waals surface area contributed by atoms with E-state index in [1.54, 1.807) is 0 Å². The molecule has 1 amide bonds. The number of rotatable bonds is 11. The molecule has 7 nitrogen and oxygen atoms in total. The third kappa shape index (κ3) is 6.91. The Hall–Kier alpha value is -3.16. The van der Waals surface area contributed by atoms with Crippen LogP contribution >= 0.6 is 11.6 Å². The smallest absolute Gasteiger partial charge is 0.290 e. The lowest BCUT2D eigenvalue weighted by molar-refractivity contribution is -0.127. The molecule has 0 aliphatic rings. The minimum atomic E-state index is -1.16. The first-order valence-electron chi connectivity index (χ1n) is 10.8. The number of nitrogens with zero attached hydrogens (tertiary/aromatic N) is 1. The molecule has 3 rings (SSSR count). The molecule has 2 aromatic carbocycles. The van der Waals surface area contributed by atoms with Gasteiger partial charge in [0.1, 0.15) is 6.10 Å². The van der Waals surface area contributed by atoms with Crippen LogP contribution in [0.15, 0.2) is 59.1 Å². The summed E-state index contributed by atoms with van der Waals surface area (Å²) in [7, 11) is 1.42. The van der Waals surface area contributed by atoms with Crippen LogP contribution in [0.4, 0.5) is 0 Å². The van der Waals surface area contributed by atoms with Crippen LogP contribution in [0, 0.1) is 0 Å². The number of nitrogens with one attached hydrogen (secondary N) is 1. The van der Waals surface area contributed by atoms with Crippen LogP contribution in [-0.2, 0) is 11.2 Å². The predicted molar refractivity (Wildman–Crippen MR) is 125 cm³/mol. The van der Waals surface area contributed by atoms with Gasteiger partial charge < -0.3 is 19.7 Å². The number of halogens is 1. The van der Waals surface area contributed by atoms with Crippen LogP contribution in [0.3, 0.4) is 0 Å². The molecule has 0 radical (unpaired) electrons. The van der Waals surface area contributed by atoms with Gasteiger partial charge in [0.25, 0.3) is 11.8 Å². The van der Waals surface area contributed by atoms with Gasteiger partial charge in [-0.2, -0.15) is 0 Å². The zero-order chi connectivity index (χ0) is 23.8. The van der Waals surface area contributed by atoms with Crippen LogP contribution in [0.1, 0.15) is 42.3 Å². The third-order valence-electron chi connectivity index (χ3n) is 5.23. The molecule has 0 bridgehead atoms. The fourth-order valence-electron chi connectivity index (χ4n) is 3.51. The summed E-state index contributed by atoms with van der Waals surface area (Å²) in [5, 5.41) is 17.5. The van der Waals surface area contributed by atoms with Crippen molar-refractivity contribution in [2.24, 2.45) is 0 Å². The number of ether oxygens (including phenoxy) is 1. The minimum absolute atomic E-state index is 0.0115. The summed E-state index contributed by atoms with van der Waals surface area (Å²) >= 11 is 6.09. The normalized spacial score (nSPS) is 12.7. The molecule has 174 valence electrons. The van der Waals surface area contributed by atoms with Gasteiger partial charge in [-0.15, -0.1) is 0 Å². The highest BCUT2D eigenvalue weighted by Crippen LogP contribution is 2.23. The lowest BCUT2D eigenvalue weighted by atomic mass is 9.96.